The van der Waals surface area contributed by atoms with Gasteiger partial charge in [0.05, 0.1) is 0 Å². The maximum absolute atomic E-state index is 8.74. The van der Waals surface area contributed by atoms with Crippen LogP contribution in [0.4, 0.5) is 0 Å². The molecule has 0 atom stereocenters. The average Bonchev–Trinajstić information content (AvgIpc) is 1.12. The van der Waals surface area contributed by atoms with Crippen molar-refractivity contribution in [3.63, 3.8) is 0 Å². The molecule has 0 heterocycles. The molecule has 0 saturated carbocycles. The van der Waals surface area contributed by atoms with E-state index in [4.69, 9.17) is 35.0 Å². The molecule has 12 heavy (non-hydrogen) atoms. The van der Waals surface area contributed by atoms with Crippen molar-refractivity contribution in [2.24, 2.45) is 0 Å². The molecule has 0 aliphatic carbocycles. The first kappa shape index (κ1) is 24.7. The van der Waals surface area contributed by atoms with Crippen LogP contribution in [-0.2, 0) is 20.8 Å². The summed E-state index contributed by atoms with van der Waals surface area (Å²) in [6.07, 6.45) is 0. The summed E-state index contributed by atoms with van der Waals surface area (Å²) < 4.78 is 65.7. The van der Waals surface area contributed by atoms with Gasteiger partial charge in [-0.2, -0.15) is 8.42 Å². The third-order valence-electron chi connectivity index (χ3n) is 0. The Morgan fingerprint density at radius 3 is 0.917 bits per heavy atom. The first-order chi connectivity index (χ1) is 4.00. The molecule has 0 unspecified atom stereocenters. The van der Waals surface area contributed by atoms with Crippen LogP contribution in [-0.4, -0.2) is 35.0 Å². The monoisotopic (exact) mass is 412 g/mol. The van der Waals surface area contributed by atoms with E-state index in [1.54, 1.807) is 0 Å². The largest absolute Gasteiger partial charge is 1.00 e. The Balaban J connectivity index is -0.0000000457. The van der Waals surface area contributed by atoms with Crippen LogP contribution in [0.25, 0.3) is 0 Å². The molecule has 0 radical (unpaired) electrons. The van der Waals surface area contributed by atoms with Gasteiger partial charge in [0.2, 0.25) is 0 Å². The maximum Gasteiger partial charge on any atom is 1.00 e. The van der Waals surface area contributed by atoms with Gasteiger partial charge in [-0.05, 0) is 0 Å². The second kappa shape index (κ2) is 11.1. The molecule has 0 aliphatic rings. The van der Waals surface area contributed by atoms with Crippen LogP contribution >= 0.6 is 0 Å². The van der Waals surface area contributed by atoms with Crippen LogP contribution in [0.1, 0.15) is 0 Å². The zero-order valence-corrected chi connectivity index (χ0v) is 19.0. The van der Waals surface area contributed by atoms with Gasteiger partial charge in [0.1, 0.15) is 0 Å². The minimum absolute atomic E-state index is 0. The van der Waals surface area contributed by atoms with Gasteiger partial charge in [-0.25, -0.2) is 0 Å². The number of rotatable bonds is 0. The summed E-state index contributed by atoms with van der Waals surface area (Å²) in [7, 11) is -9.83. The molecule has 0 aromatic carbocycles. The molecule has 0 rings (SSSR count). The van der Waals surface area contributed by atoms with Crippen molar-refractivity contribution in [3.8, 4) is 0 Å². The molecule has 64 valence electrons. The quantitative estimate of drug-likeness (QED) is 0.294. The summed E-state index contributed by atoms with van der Waals surface area (Å²) in [5.74, 6) is 0. The zero-order valence-electron chi connectivity index (χ0n) is 6.16. The molecular weight excluding hydrogens is 410 g/mol. The normalized spacial score (nSPS) is 9.67. The van der Waals surface area contributed by atoms with Gasteiger partial charge in [0.25, 0.3) is 0 Å². The molecular formula is H2CsO8RbS2. The van der Waals surface area contributed by atoms with Crippen LogP contribution in [0.3, 0.4) is 0 Å². The Morgan fingerprint density at radius 2 is 0.917 bits per heavy atom. The zero-order chi connectivity index (χ0) is 9.00. The van der Waals surface area contributed by atoms with Gasteiger partial charge >= 0.3 is 137 Å². The molecule has 2 N–H and O–H groups in total. The van der Waals surface area contributed by atoms with E-state index in [2.05, 4.69) is 0 Å². The Hall–Kier alpha value is 3.60. The van der Waals surface area contributed by atoms with Gasteiger partial charge in [0.15, 0.2) is 0 Å². The van der Waals surface area contributed by atoms with Crippen molar-refractivity contribution < 1.29 is 162 Å². The van der Waals surface area contributed by atoms with E-state index in [1.807, 2.05) is 0 Å². The molecule has 0 aromatic heterocycles. The van der Waals surface area contributed by atoms with Crippen molar-refractivity contribution in [2.45, 2.75) is 0 Å². The fourth-order valence-corrected chi connectivity index (χ4v) is 0. The topological polar surface area (TPSA) is 155 Å². The summed E-state index contributed by atoms with van der Waals surface area (Å²) in [4.78, 5) is 0. The molecule has 0 spiro atoms. The molecule has 0 aromatic rings. The third kappa shape index (κ3) is 167. The first-order valence-electron chi connectivity index (χ1n) is 1.37. The minimum Gasteiger partial charge on any atom is -0.759 e. The van der Waals surface area contributed by atoms with Crippen LogP contribution < -0.4 is 127 Å². The van der Waals surface area contributed by atoms with E-state index in [0.29, 0.717) is 0 Å². The van der Waals surface area contributed by atoms with E-state index in [-0.39, 0.29) is 127 Å². The maximum atomic E-state index is 8.74. The summed E-state index contributed by atoms with van der Waals surface area (Å²) in [5, 5.41) is 0. The van der Waals surface area contributed by atoms with E-state index in [0.717, 1.165) is 0 Å². The van der Waals surface area contributed by atoms with Gasteiger partial charge < -0.3 is 9.11 Å². The SMILES string of the molecule is O=S(=O)(O)O.O=S(=O)([O-])[O-].[Cs+].[Rb+]. The van der Waals surface area contributed by atoms with Crippen molar-refractivity contribution in [1.29, 1.82) is 0 Å². The van der Waals surface area contributed by atoms with E-state index < -0.39 is 20.8 Å². The van der Waals surface area contributed by atoms with Crippen LogP contribution in [0, 0.1) is 0 Å². The van der Waals surface area contributed by atoms with Gasteiger partial charge in [-0.1, -0.05) is 0 Å². The third-order valence-corrected chi connectivity index (χ3v) is 0. The predicted molar refractivity (Wildman–Crippen MR) is 24.7 cm³/mol. The predicted octanol–water partition coefficient (Wildman–Crippen LogP) is -7.98. The molecule has 0 amide bonds. The summed E-state index contributed by atoms with van der Waals surface area (Å²) in [5.41, 5.74) is 0. The Bertz CT molecular complexity index is 213. The van der Waals surface area contributed by atoms with Gasteiger partial charge in [-0.15, -0.1) is 0 Å². The molecule has 0 aliphatic heterocycles. The fraction of sp³-hybridized carbons (Fsp3) is 0. The van der Waals surface area contributed by atoms with Crippen LogP contribution in [0.2, 0.25) is 0 Å². The summed E-state index contributed by atoms with van der Waals surface area (Å²) in [6, 6.07) is 0. The standard InChI is InChI=1S/Cs.2H2O4S.Rb/c;2*1-5(2,3)4;/h;2*(H2,1,2,3,4);/q+1;;;+1/p-2. The van der Waals surface area contributed by atoms with Crippen molar-refractivity contribution in [3.05, 3.63) is 0 Å². The summed E-state index contributed by atoms with van der Waals surface area (Å²) in [6.45, 7) is 0. The summed E-state index contributed by atoms with van der Waals surface area (Å²) >= 11 is 0. The minimum atomic E-state index is -5.17. The number of hydrogen-bond acceptors (Lipinski definition) is 6. The Labute approximate surface area is 177 Å². The van der Waals surface area contributed by atoms with Crippen molar-refractivity contribution in [1.82, 2.24) is 0 Å². The molecule has 0 bridgehead atoms. The Morgan fingerprint density at radius 1 is 0.917 bits per heavy atom. The van der Waals surface area contributed by atoms with Gasteiger partial charge in [-0.3, -0.25) is 17.5 Å². The van der Waals surface area contributed by atoms with E-state index in [1.165, 1.54) is 0 Å². The molecule has 12 heteroatoms. The fourth-order valence-electron chi connectivity index (χ4n) is 0. The molecule has 8 nitrogen and oxygen atoms in total. The second-order valence-electron chi connectivity index (χ2n) is 0.856. The number of hydrogen-bond donors (Lipinski definition) is 2. The van der Waals surface area contributed by atoms with Gasteiger partial charge in [0, 0.05) is 10.4 Å². The second-order valence-corrected chi connectivity index (χ2v) is 2.57. The van der Waals surface area contributed by atoms with Crippen molar-refractivity contribution in [2.75, 3.05) is 0 Å². The van der Waals surface area contributed by atoms with E-state index in [9.17, 15) is 0 Å². The van der Waals surface area contributed by atoms with Crippen LogP contribution in [0.5, 0.6) is 0 Å². The smallest absolute Gasteiger partial charge is 0.759 e. The van der Waals surface area contributed by atoms with Crippen molar-refractivity contribution >= 4 is 20.8 Å². The first-order valence-corrected chi connectivity index (χ1v) is 4.10. The Kier molecular flexibility index (Phi) is 22.8. The molecule has 0 saturated heterocycles. The van der Waals surface area contributed by atoms with E-state index >= 15 is 0 Å². The van der Waals surface area contributed by atoms with Crippen LogP contribution in [0.15, 0.2) is 0 Å². The molecule has 0 fully saturated rings. The average molecular weight is 413 g/mol.